The second-order valence-corrected chi connectivity index (χ2v) is 5.59. The van der Waals surface area contributed by atoms with Gasteiger partial charge in [0.1, 0.15) is 11.1 Å². The van der Waals surface area contributed by atoms with Crippen LogP contribution in [0.25, 0.3) is 0 Å². The van der Waals surface area contributed by atoms with Gasteiger partial charge in [-0.2, -0.15) is 0 Å². The molecule has 0 bridgehead atoms. The maximum atomic E-state index is 12.3. The van der Waals surface area contributed by atoms with E-state index >= 15 is 0 Å². The molecule has 1 amide bonds. The van der Waals surface area contributed by atoms with Crippen LogP contribution in [0.15, 0.2) is 12.3 Å². The molecule has 20 heavy (non-hydrogen) atoms. The summed E-state index contributed by atoms with van der Waals surface area (Å²) in [5, 5.41) is 9.31. The van der Waals surface area contributed by atoms with Crippen LogP contribution in [0.5, 0.6) is 0 Å². The van der Waals surface area contributed by atoms with Crippen molar-refractivity contribution in [1.82, 2.24) is 9.88 Å². The van der Waals surface area contributed by atoms with Gasteiger partial charge in [0.2, 0.25) is 5.91 Å². The van der Waals surface area contributed by atoms with Crippen LogP contribution in [-0.2, 0) is 4.79 Å². The van der Waals surface area contributed by atoms with Crippen molar-refractivity contribution in [1.29, 1.82) is 0 Å². The summed E-state index contributed by atoms with van der Waals surface area (Å²) >= 11 is 0. The Hall–Kier alpha value is -2.11. The number of rotatable bonds is 2. The Kier molecular flexibility index (Phi) is 3.41. The predicted molar refractivity (Wildman–Crippen MR) is 75.0 cm³/mol. The van der Waals surface area contributed by atoms with E-state index in [4.69, 9.17) is 0 Å². The maximum absolute atomic E-state index is 12.3. The number of carboxylic acid groups (broad SMARTS) is 1. The van der Waals surface area contributed by atoms with Crippen LogP contribution in [0.4, 0.5) is 5.69 Å². The third-order valence-electron chi connectivity index (χ3n) is 3.74. The van der Waals surface area contributed by atoms with Crippen LogP contribution in [0.3, 0.4) is 0 Å². The first-order valence-electron chi connectivity index (χ1n) is 6.48. The number of aromatic carboxylic acids is 1. The van der Waals surface area contributed by atoms with Crippen molar-refractivity contribution in [3.63, 3.8) is 0 Å². The molecule has 1 saturated heterocycles. The van der Waals surface area contributed by atoms with Gasteiger partial charge in [-0.1, -0.05) is 0 Å². The average molecular weight is 277 g/mol. The van der Waals surface area contributed by atoms with E-state index in [2.05, 4.69) is 4.98 Å². The number of carboxylic acids is 1. The minimum Gasteiger partial charge on any atom is -0.478 e. The molecule has 1 aromatic rings. The van der Waals surface area contributed by atoms with Crippen LogP contribution in [0, 0.1) is 6.92 Å². The molecule has 0 atom stereocenters. The summed E-state index contributed by atoms with van der Waals surface area (Å²) in [5.74, 6) is -1.05. The third kappa shape index (κ3) is 2.21. The van der Waals surface area contributed by atoms with Gasteiger partial charge in [-0.3, -0.25) is 9.78 Å². The van der Waals surface area contributed by atoms with Gasteiger partial charge in [0.15, 0.2) is 0 Å². The molecular weight excluding hydrogens is 258 g/mol. The zero-order valence-corrected chi connectivity index (χ0v) is 12.2. The third-order valence-corrected chi connectivity index (χ3v) is 3.74. The highest BCUT2D eigenvalue weighted by Crippen LogP contribution is 2.31. The fraction of sp³-hybridized carbons (Fsp3) is 0.500. The number of amides is 1. The highest BCUT2D eigenvalue weighted by Gasteiger charge is 2.41. The Morgan fingerprint density at radius 1 is 1.40 bits per heavy atom. The normalized spacial score (nSPS) is 18.3. The summed E-state index contributed by atoms with van der Waals surface area (Å²) in [5.41, 5.74) is 0.634. The zero-order chi connectivity index (χ0) is 15.1. The zero-order valence-electron chi connectivity index (χ0n) is 12.2. The maximum Gasteiger partial charge on any atom is 0.339 e. The molecule has 1 aliphatic heterocycles. The molecule has 1 aliphatic rings. The van der Waals surface area contributed by atoms with Crippen molar-refractivity contribution in [2.75, 3.05) is 25.0 Å². The lowest BCUT2D eigenvalue weighted by Crippen LogP contribution is -2.62. The lowest BCUT2D eigenvalue weighted by Gasteiger charge is -2.46. The fourth-order valence-electron chi connectivity index (χ4n) is 2.57. The van der Waals surface area contributed by atoms with Crippen molar-refractivity contribution in [3.8, 4) is 0 Å². The highest BCUT2D eigenvalue weighted by molar-refractivity contribution is 5.97. The van der Waals surface area contributed by atoms with Crippen molar-refractivity contribution in [3.05, 3.63) is 23.5 Å². The Morgan fingerprint density at radius 3 is 2.65 bits per heavy atom. The van der Waals surface area contributed by atoms with Gasteiger partial charge < -0.3 is 14.9 Å². The monoisotopic (exact) mass is 277 g/mol. The van der Waals surface area contributed by atoms with E-state index in [-0.39, 0.29) is 11.5 Å². The second-order valence-electron chi connectivity index (χ2n) is 5.59. The summed E-state index contributed by atoms with van der Waals surface area (Å²) in [4.78, 5) is 31.2. The Labute approximate surface area is 118 Å². The first-order chi connectivity index (χ1) is 9.25. The number of likely N-dealkylation sites (N-methyl/N-ethyl adjacent to an activating group) is 1. The van der Waals surface area contributed by atoms with E-state index in [0.717, 1.165) is 5.69 Å². The number of nitrogens with zero attached hydrogens (tertiary/aromatic N) is 3. The highest BCUT2D eigenvalue weighted by atomic mass is 16.4. The van der Waals surface area contributed by atoms with Crippen LogP contribution in [0.1, 0.15) is 29.9 Å². The van der Waals surface area contributed by atoms with Gasteiger partial charge in [-0.15, -0.1) is 0 Å². The topological polar surface area (TPSA) is 73.7 Å². The SMILES string of the molecule is Cc1cc(N2CCN(C)C(=O)C2(C)C)c(C(=O)O)cn1. The number of piperazine rings is 1. The largest absolute Gasteiger partial charge is 0.478 e. The number of aryl methyl sites for hydroxylation is 1. The average Bonchev–Trinajstić information content (AvgIpc) is 2.35. The fourth-order valence-corrected chi connectivity index (χ4v) is 2.57. The molecule has 0 aliphatic carbocycles. The molecule has 1 N–H and O–H groups in total. The Morgan fingerprint density at radius 2 is 2.05 bits per heavy atom. The van der Waals surface area contributed by atoms with Crippen LogP contribution in [-0.4, -0.2) is 52.5 Å². The number of hydrogen-bond donors (Lipinski definition) is 1. The van der Waals surface area contributed by atoms with E-state index in [1.807, 2.05) is 18.7 Å². The van der Waals surface area contributed by atoms with Crippen LogP contribution >= 0.6 is 0 Å². The summed E-state index contributed by atoms with van der Waals surface area (Å²) in [6, 6.07) is 1.73. The van der Waals surface area contributed by atoms with Crippen LogP contribution in [0.2, 0.25) is 0 Å². The van der Waals surface area contributed by atoms with Gasteiger partial charge >= 0.3 is 5.97 Å². The first kappa shape index (κ1) is 14.3. The minimum absolute atomic E-state index is 0.0189. The Bertz CT molecular complexity index is 569. The van der Waals surface area contributed by atoms with Crippen LogP contribution < -0.4 is 4.90 Å². The van der Waals surface area contributed by atoms with E-state index in [9.17, 15) is 14.7 Å². The Balaban J connectivity index is 2.53. The molecule has 108 valence electrons. The molecule has 6 heteroatoms. The molecule has 0 spiro atoms. The summed E-state index contributed by atoms with van der Waals surface area (Å²) in [6.45, 7) is 6.60. The number of carbonyl (C=O) groups excluding carboxylic acids is 1. The van der Waals surface area contributed by atoms with E-state index in [1.54, 1.807) is 24.9 Å². The van der Waals surface area contributed by atoms with E-state index in [1.165, 1.54) is 6.20 Å². The molecule has 2 heterocycles. The lowest BCUT2D eigenvalue weighted by atomic mass is 9.96. The van der Waals surface area contributed by atoms with E-state index < -0.39 is 11.5 Å². The molecule has 0 saturated carbocycles. The molecule has 1 fully saturated rings. The van der Waals surface area contributed by atoms with Crippen molar-refractivity contribution in [2.45, 2.75) is 26.3 Å². The van der Waals surface area contributed by atoms with Crippen molar-refractivity contribution in [2.24, 2.45) is 0 Å². The minimum atomic E-state index is -1.03. The van der Waals surface area contributed by atoms with Gasteiger partial charge in [-0.25, -0.2) is 4.79 Å². The molecule has 0 unspecified atom stereocenters. The number of hydrogen-bond acceptors (Lipinski definition) is 4. The standard InChI is InChI=1S/C14H19N3O3/c1-9-7-11(10(8-15-9)12(18)19)17-6-5-16(4)13(20)14(17,2)3/h7-8H,5-6H2,1-4H3,(H,18,19). The number of aromatic nitrogens is 1. The van der Waals surface area contributed by atoms with Gasteiger partial charge in [0, 0.05) is 32.0 Å². The molecule has 1 aromatic heterocycles. The summed E-state index contributed by atoms with van der Waals surface area (Å²) < 4.78 is 0. The summed E-state index contributed by atoms with van der Waals surface area (Å²) in [7, 11) is 1.76. The van der Waals surface area contributed by atoms with Gasteiger partial charge in [0.05, 0.1) is 5.69 Å². The first-order valence-corrected chi connectivity index (χ1v) is 6.48. The number of anilines is 1. The second kappa shape index (κ2) is 4.77. The molecule has 0 aromatic carbocycles. The number of carbonyl (C=O) groups is 2. The quantitative estimate of drug-likeness (QED) is 0.877. The molecule has 6 nitrogen and oxygen atoms in total. The molecule has 2 rings (SSSR count). The smallest absolute Gasteiger partial charge is 0.339 e. The van der Waals surface area contributed by atoms with Gasteiger partial charge in [0.25, 0.3) is 0 Å². The van der Waals surface area contributed by atoms with E-state index in [0.29, 0.717) is 18.8 Å². The molecular formula is C14H19N3O3. The predicted octanol–water partition coefficient (Wildman–Crippen LogP) is 1.15. The van der Waals surface area contributed by atoms with Crippen molar-refractivity contribution >= 4 is 17.6 Å². The van der Waals surface area contributed by atoms with Gasteiger partial charge in [-0.05, 0) is 26.8 Å². The van der Waals surface area contributed by atoms with Crippen molar-refractivity contribution < 1.29 is 14.7 Å². The number of pyridine rings is 1. The lowest BCUT2D eigenvalue weighted by molar-refractivity contribution is -0.136. The summed E-state index contributed by atoms with van der Waals surface area (Å²) in [6.07, 6.45) is 1.35. The molecule has 0 radical (unpaired) electrons.